The number of para-hydroxylation sites is 1. The van der Waals surface area contributed by atoms with Gasteiger partial charge in [-0.25, -0.2) is 4.79 Å². The van der Waals surface area contributed by atoms with Crippen LogP contribution in [0.5, 0.6) is 0 Å². The van der Waals surface area contributed by atoms with Gasteiger partial charge >= 0.3 is 6.03 Å². The highest BCUT2D eigenvalue weighted by atomic mass is 32.1. The number of anilines is 1. The van der Waals surface area contributed by atoms with Crippen molar-refractivity contribution in [2.75, 3.05) is 18.4 Å². The zero-order valence-corrected chi connectivity index (χ0v) is 13.5. The van der Waals surface area contributed by atoms with Crippen LogP contribution in [0.25, 0.3) is 0 Å². The van der Waals surface area contributed by atoms with Crippen molar-refractivity contribution in [1.82, 2.24) is 10.2 Å². The molecule has 2 N–H and O–H groups in total. The molecule has 3 rings (SSSR count). The number of piperidine rings is 1. The van der Waals surface area contributed by atoms with E-state index in [1.54, 1.807) is 4.90 Å². The quantitative estimate of drug-likeness (QED) is 0.908. The number of benzene rings is 1. The summed E-state index contributed by atoms with van der Waals surface area (Å²) in [5.41, 5.74) is 0.797. The molecule has 0 unspecified atom stereocenters. The summed E-state index contributed by atoms with van der Waals surface area (Å²) in [5, 5.41) is 7.83. The second-order valence-corrected chi connectivity index (χ2v) is 6.46. The summed E-state index contributed by atoms with van der Waals surface area (Å²) < 4.78 is 0. The van der Waals surface area contributed by atoms with E-state index in [1.807, 2.05) is 47.8 Å². The van der Waals surface area contributed by atoms with Crippen molar-refractivity contribution >= 4 is 29.0 Å². The molecule has 23 heavy (non-hydrogen) atoms. The molecule has 0 spiro atoms. The summed E-state index contributed by atoms with van der Waals surface area (Å²) in [7, 11) is 0. The summed E-state index contributed by atoms with van der Waals surface area (Å²) in [6, 6.07) is 13.2. The van der Waals surface area contributed by atoms with Gasteiger partial charge in [0, 0.05) is 24.8 Å². The Labute approximate surface area is 139 Å². The number of urea groups is 1. The Balaban J connectivity index is 1.46. The third-order valence-electron chi connectivity index (χ3n) is 3.89. The Bertz CT molecular complexity index is 650. The number of carbonyl (C=O) groups is 2. The van der Waals surface area contributed by atoms with E-state index in [1.165, 1.54) is 11.3 Å². The van der Waals surface area contributed by atoms with Gasteiger partial charge in [-0.05, 0) is 36.4 Å². The Morgan fingerprint density at radius 1 is 1.04 bits per heavy atom. The molecule has 1 aliphatic rings. The second-order valence-electron chi connectivity index (χ2n) is 5.51. The van der Waals surface area contributed by atoms with Crippen LogP contribution in [0.1, 0.15) is 22.5 Å². The predicted octanol–water partition coefficient (Wildman–Crippen LogP) is 3.17. The molecule has 1 aromatic carbocycles. The van der Waals surface area contributed by atoms with Crippen molar-refractivity contribution in [1.29, 1.82) is 0 Å². The number of nitrogens with one attached hydrogen (secondary N) is 2. The molecule has 0 radical (unpaired) electrons. The molecule has 120 valence electrons. The average Bonchev–Trinajstić information content (AvgIpc) is 3.11. The maximum Gasteiger partial charge on any atom is 0.321 e. The highest BCUT2D eigenvalue weighted by Crippen LogP contribution is 2.15. The number of amides is 3. The summed E-state index contributed by atoms with van der Waals surface area (Å²) in [4.78, 5) is 26.8. The predicted molar refractivity (Wildman–Crippen MR) is 91.8 cm³/mol. The maximum absolute atomic E-state index is 12.2. The van der Waals surface area contributed by atoms with Crippen LogP contribution in [-0.2, 0) is 0 Å². The van der Waals surface area contributed by atoms with Crippen LogP contribution >= 0.6 is 11.3 Å². The van der Waals surface area contributed by atoms with E-state index in [0.717, 1.165) is 23.4 Å². The lowest BCUT2D eigenvalue weighted by Crippen LogP contribution is -2.47. The van der Waals surface area contributed by atoms with Crippen molar-refractivity contribution in [2.24, 2.45) is 0 Å². The second kappa shape index (κ2) is 7.28. The standard InChI is InChI=1S/C17H19N3O2S/c21-16(15-7-4-12-23-15)18-14-8-10-20(11-9-14)17(22)19-13-5-2-1-3-6-13/h1-7,12,14H,8-11H2,(H,18,21)(H,19,22). The monoisotopic (exact) mass is 329 g/mol. The van der Waals surface area contributed by atoms with E-state index in [0.29, 0.717) is 13.1 Å². The number of likely N-dealkylation sites (tertiary alicyclic amines) is 1. The highest BCUT2D eigenvalue weighted by molar-refractivity contribution is 7.12. The molecule has 0 saturated carbocycles. The Morgan fingerprint density at radius 3 is 2.43 bits per heavy atom. The fraction of sp³-hybridized carbons (Fsp3) is 0.294. The van der Waals surface area contributed by atoms with Crippen molar-refractivity contribution in [3.8, 4) is 0 Å². The topological polar surface area (TPSA) is 61.4 Å². The van der Waals surface area contributed by atoms with E-state index in [-0.39, 0.29) is 18.0 Å². The zero-order chi connectivity index (χ0) is 16.1. The number of hydrogen-bond acceptors (Lipinski definition) is 3. The molecule has 1 aromatic heterocycles. The molecule has 3 amide bonds. The highest BCUT2D eigenvalue weighted by Gasteiger charge is 2.24. The first-order valence-corrected chi connectivity index (χ1v) is 8.55. The van der Waals surface area contributed by atoms with Crippen LogP contribution in [-0.4, -0.2) is 36.0 Å². The number of carbonyl (C=O) groups excluding carboxylic acids is 2. The van der Waals surface area contributed by atoms with E-state index in [4.69, 9.17) is 0 Å². The molecule has 1 saturated heterocycles. The summed E-state index contributed by atoms with van der Waals surface area (Å²) in [6.07, 6.45) is 1.55. The lowest BCUT2D eigenvalue weighted by Gasteiger charge is -2.32. The van der Waals surface area contributed by atoms with Gasteiger partial charge in [-0.3, -0.25) is 4.79 Å². The fourth-order valence-corrected chi connectivity index (χ4v) is 3.24. The minimum atomic E-state index is -0.0840. The third-order valence-corrected chi connectivity index (χ3v) is 4.76. The number of nitrogens with zero attached hydrogens (tertiary/aromatic N) is 1. The largest absolute Gasteiger partial charge is 0.348 e. The van der Waals surface area contributed by atoms with Gasteiger partial charge in [0.05, 0.1) is 4.88 Å². The first kappa shape index (κ1) is 15.6. The molecular formula is C17H19N3O2S. The van der Waals surface area contributed by atoms with E-state index < -0.39 is 0 Å². The van der Waals surface area contributed by atoms with Crippen LogP contribution < -0.4 is 10.6 Å². The van der Waals surface area contributed by atoms with Gasteiger partial charge in [0.2, 0.25) is 0 Å². The number of rotatable bonds is 3. The van der Waals surface area contributed by atoms with Gasteiger partial charge in [-0.15, -0.1) is 11.3 Å². The molecule has 1 aliphatic heterocycles. The minimum absolute atomic E-state index is 0.0211. The molecule has 0 atom stereocenters. The summed E-state index contributed by atoms with van der Waals surface area (Å²) >= 11 is 1.44. The summed E-state index contributed by atoms with van der Waals surface area (Å²) in [5.74, 6) is -0.0211. The number of hydrogen-bond donors (Lipinski definition) is 2. The van der Waals surface area contributed by atoms with Crippen LogP contribution in [0.15, 0.2) is 47.8 Å². The van der Waals surface area contributed by atoms with Gasteiger partial charge in [0.25, 0.3) is 5.91 Å². The zero-order valence-electron chi connectivity index (χ0n) is 12.7. The molecule has 1 fully saturated rings. The van der Waals surface area contributed by atoms with Crippen molar-refractivity contribution in [3.63, 3.8) is 0 Å². The van der Waals surface area contributed by atoms with Gasteiger partial charge in [-0.2, -0.15) is 0 Å². The molecule has 2 aromatic rings. The smallest absolute Gasteiger partial charge is 0.321 e. The van der Waals surface area contributed by atoms with E-state index in [9.17, 15) is 9.59 Å². The molecule has 6 heteroatoms. The SMILES string of the molecule is O=C(NC1CCN(C(=O)Nc2ccccc2)CC1)c1cccs1. The molecule has 0 bridgehead atoms. The lowest BCUT2D eigenvalue weighted by atomic mass is 10.1. The van der Waals surface area contributed by atoms with Crippen molar-refractivity contribution in [2.45, 2.75) is 18.9 Å². The molecular weight excluding hydrogens is 310 g/mol. The number of thiophene rings is 1. The Kier molecular flexibility index (Phi) is 4.92. The van der Waals surface area contributed by atoms with Crippen molar-refractivity contribution < 1.29 is 9.59 Å². The van der Waals surface area contributed by atoms with Gasteiger partial charge in [0.1, 0.15) is 0 Å². The average molecular weight is 329 g/mol. The summed E-state index contributed by atoms with van der Waals surface area (Å²) in [6.45, 7) is 1.29. The Hall–Kier alpha value is -2.34. The third kappa shape index (κ3) is 4.10. The molecule has 5 nitrogen and oxygen atoms in total. The van der Waals surface area contributed by atoms with Crippen molar-refractivity contribution in [3.05, 3.63) is 52.7 Å². The first-order chi connectivity index (χ1) is 11.2. The minimum Gasteiger partial charge on any atom is -0.348 e. The van der Waals surface area contributed by atoms with Crippen LogP contribution in [0.2, 0.25) is 0 Å². The van der Waals surface area contributed by atoms with Crippen LogP contribution in [0, 0.1) is 0 Å². The van der Waals surface area contributed by atoms with E-state index >= 15 is 0 Å². The normalized spacial score (nSPS) is 15.2. The Morgan fingerprint density at radius 2 is 1.78 bits per heavy atom. The van der Waals surface area contributed by atoms with E-state index in [2.05, 4.69) is 10.6 Å². The van der Waals surface area contributed by atoms with Crippen LogP contribution in [0.3, 0.4) is 0 Å². The fourth-order valence-electron chi connectivity index (χ4n) is 2.62. The maximum atomic E-state index is 12.2. The molecule has 2 heterocycles. The van der Waals surface area contributed by atoms with Gasteiger partial charge in [-0.1, -0.05) is 24.3 Å². The molecule has 0 aliphatic carbocycles. The van der Waals surface area contributed by atoms with Gasteiger partial charge in [0.15, 0.2) is 0 Å². The van der Waals surface area contributed by atoms with Crippen LogP contribution in [0.4, 0.5) is 10.5 Å². The first-order valence-electron chi connectivity index (χ1n) is 7.68. The lowest BCUT2D eigenvalue weighted by molar-refractivity contribution is 0.0923. The van der Waals surface area contributed by atoms with Gasteiger partial charge < -0.3 is 15.5 Å².